The zero-order valence-corrected chi connectivity index (χ0v) is 25.6. The number of aliphatic hydroxyl groups is 2. The number of benzene rings is 1. The Bertz CT molecular complexity index is 1300. The van der Waals surface area contributed by atoms with Crippen molar-refractivity contribution in [3.05, 3.63) is 52.0 Å². The maximum atomic E-state index is 13.6. The van der Waals surface area contributed by atoms with Crippen LogP contribution in [0.1, 0.15) is 68.1 Å². The topological polar surface area (TPSA) is 199 Å². The Hall–Kier alpha value is -3.88. The van der Waals surface area contributed by atoms with E-state index in [-0.39, 0.29) is 18.0 Å². The molecule has 2 aromatic rings. The Morgan fingerprint density at radius 3 is 1.93 bits per heavy atom. The number of thiazole rings is 1. The molecule has 3 rings (SSSR count). The summed E-state index contributed by atoms with van der Waals surface area (Å²) in [6, 6.07) is 2.94. The molecule has 1 aliphatic rings. The molecule has 0 saturated carbocycles. The molecule has 1 aliphatic heterocycles. The molecular weight excluding hydrogens is 576 g/mol. The van der Waals surface area contributed by atoms with Crippen LogP contribution < -0.4 is 26.6 Å². The standard InChI is InChI=1S/C29H40N6O7S/c1-6-14(2)21-29-32-20(13-43-29)26(40)30-15(3)24(38)34-22(16(4)36)27(41)31-19(12-18-10-8-7-9-11-18)25(39)35-23(17(5)37)28(42)33-21/h7-11,13-17,19,21-23,36-37H,6,12H2,1-5H3,(H,30,40)(H,31,41)(H,33,42)(H,34,38)(H,35,39)/t14-,15-,16-,17-,19-,21-,22+,23+/m0/s1. The van der Waals surface area contributed by atoms with E-state index in [1.165, 1.54) is 26.2 Å². The molecule has 7 N–H and O–H groups in total. The highest BCUT2D eigenvalue weighted by Gasteiger charge is 2.36. The summed E-state index contributed by atoms with van der Waals surface area (Å²) in [6.45, 7) is 7.88. The van der Waals surface area contributed by atoms with E-state index in [2.05, 4.69) is 31.6 Å². The quantitative estimate of drug-likeness (QED) is 0.234. The van der Waals surface area contributed by atoms with Gasteiger partial charge in [-0.25, -0.2) is 4.98 Å². The SMILES string of the molecule is CC[C@H](C)[C@@H]1NC(=O)[C@@H]([C@H](C)O)NC(=O)[C@H](Cc2ccccc2)NC(=O)[C@@H]([C@H](C)O)NC(=O)[C@H](C)NC(=O)c2csc1n2. The fourth-order valence-electron chi connectivity index (χ4n) is 4.46. The van der Waals surface area contributed by atoms with E-state index >= 15 is 0 Å². The van der Waals surface area contributed by atoms with Crippen LogP contribution in [0.5, 0.6) is 0 Å². The monoisotopic (exact) mass is 616 g/mol. The van der Waals surface area contributed by atoms with E-state index < -0.39 is 72.0 Å². The van der Waals surface area contributed by atoms with Crippen LogP contribution in [0, 0.1) is 5.92 Å². The number of carbonyl (C=O) groups excluding carboxylic acids is 5. The Kier molecular flexibility index (Phi) is 11.7. The van der Waals surface area contributed by atoms with Gasteiger partial charge in [-0.1, -0.05) is 50.6 Å². The van der Waals surface area contributed by atoms with Crippen molar-refractivity contribution in [3.63, 3.8) is 0 Å². The third-order valence-corrected chi connectivity index (χ3v) is 8.24. The van der Waals surface area contributed by atoms with Crippen molar-refractivity contribution >= 4 is 40.9 Å². The van der Waals surface area contributed by atoms with Gasteiger partial charge in [-0.15, -0.1) is 11.3 Å². The third kappa shape index (κ3) is 8.81. The number of carbonyl (C=O) groups is 5. The molecule has 234 valence electrons. The van der Waals surface area contributed by atoms with Crippen molar-refractivity contribution < 1.29 is 34.2 Å². The predicted molar refractivity (Wildman–Crippen MR) is 159 cm³/mol. The highest BCUT2D eigenvalue weighted by molar-refractivity contribution is 7.09. The van der Waals surface area contributed by atoms with Gasteiger partial charge in [0.2, 0.25) is 23.6 Å². The smallest absolute Gasteiger partial charge is 0.271 e. The molecule has 8 atom stereocenters. The zero-order valence-electron chi connectivity index (χ0n) is 24.8. The van der Waals surface area contributed by atoms with Gasteiger partial charge in [0, 0.05) is 11.8 Å². The van der Waals surface area contributed by atoms with E-state index in [1.807, 2.05) is 13.8 Å². The summed E-state index contributed by atoms with van der Waals surface area (Å²) >= 11 is 1.15. The fourth-order valence-corrected chi connectivity index (χ4v) is 5.44. The van der Waals surface area contributed by atoms with Crippen LogP contribution in [0.25, 0.3) is 0 Å². The number of fused-ring (bicyclic) bond motifs is 2. The molecule has 1 aromatic heterocycles. The minimum absolute atomic E-state index is 0.0108. The largest absolute Gasteiger partial charge is 0.391 e. The first-order chi connectivity index (χ1) is 20.3. The first kappa shape index (κ1) is 33.6. The number of hydrogen-bond acceptors (Lipinski definition) is 9. The molecule has 14 heteroatoms. The lowest BCUT2D eigenvalue weighted by molar-refractivity contribution is -0.136. The van der Waals surface area contributed by atoms with Crippen LogP contribution in [0.2, 0.25) is 0 Å². The van der Waals surface area contributed by atoms with Crippen molar-refractivity contribution in [2.45, 2.75) is 89.9 Å². The van der Waals surface area contributed by atoms with Gasteiger partial charge < -0.3 is 36.8 Å². The van der Waals surface area contributed by atoms with Crippen molar-refractivity contribution in [2.75, 3.05) is 0 Å². The summed E-state index contributed by atoms with van der Waals surface area (Å²) in [4.78, 5) is 70.7. The molecule has 0 spiro atoms. The maximum absolute atomic E-state index is 13.6. The summed E-state index contributed by atoms with van der Waals surface area (Å²) < 4.78 is 0. The van der Waals surface area contributed by atoms with Crippen molar-refractivity contribution in [3.8, 4) is 0 Å². The summed E-state index contributed by atoms with van der Waals surface area (Å²) in [5.74, 6) is -3.81. The van der Waals surface area contributed by atoms with E-state index in [9.17, 15) is 34.2 Å². The van der Waals surface area contributed by atoms with Crippen LogP contribution in [-0.2, 0) is 25.6 Å². The molecule has 0 radical (unpaired) electrons. The number of amides is 5. The van der Waals surface area contributed by atoms with Crippen LogP contribution in [0.4, 0.5) is 0 Å². The van der Waals surface area contributed by atoms with Gasteiger partial charge in [0.15, 0.2) is 0 Å². The molecule has 0 saturated heterocycles. The van der Waals surface area contributed by atoms with Gasteiger partial charge in [0.1, 0.15) is 34.9 Å². The Morgan fingerprint density at radius 1 is 0.791 bits per heavy atom. The van der Waals surface area contributed by atoms with Crippen molar-refractivity contribution in [1.82, 2.24) is 31.6 Å². The molecule has 1 aromatic carbocycles. The molecule has 0 aliphatic carbocycles. The van der Waals surface area contributed by atoms with Gasteiger partial charge >= 0.3 is 0 Å². The Morgan fingerprint density at radius 2 is 1.35 bits per heavy atom. The van der Waals surface area contributed by atoms with Crippen LogP contribution >= 0.6 is 11.3 Å². The van der Waals surface area contributed by atoms with E-state index in [4.69, 9.17) is 0 Å². The number of nitrogens with one attached hydrogen (secondary N) is 5. The van der Waals surface area contributed by atoms with E-state index in [0.29, 0.717) is 17.0 Å². The minimum Gasteiger partial charge on any atom is -0.391 e. The highest BCUT2D eigenvalue weighted by Crippen LogP contribution is 2.27. The Labute approximate surface area is 254 Å². The van der Waals surface area contributed by atoms with Crippen LogP contribution in [-0.4, -0.2) is 81.1 Å². The number of aliphatic hydroxyl groups excluding tert-OH is 2. The maximum Gasteiger partial charge on any atom is 0.271 e. The van der Waals surface area contributed by atoms with Gasteiger partial charge in [0.25, 0.3) is 5.91 Å². The lowest BCUT2D eigenvalue weighted by atomic mass is 9.98. The molecule has 13 nitrogen and oxygen atoms in total. The summed E-state index contributed by atoms with van der Waals surface area (Å²) in [5, 5.41) is 35.8. The second-order valence-electron chi connectivity index (χ2n) is 10.8. The first-order valence-corrected chi connectivity index (χ1v) is 15.1. The van der Waals surface area contributed by atoms with Crippen molar-refractivity contribution in [2.24, 2.45) is 5.92 Å². The molecule has 43 heavy (non-hydrogen) atoms. The molecular formula is C29H40N6O7S. The average molecular weight is 617 g/mol. The lowest BCUT2D eigenvalue weighted by Gasteiger charge is -2.29. The van der Waals surface area contributed by atoms with E-state index in [1.54, 1.807) is 30.3 Å². The zero-order chi connectivity index (χ0) is 31.8. The lowest BCUT2D eigenvalue weighted by Crippen LogP contribution is -2.61. The van der Waals surface area contributed by atoms with Crippen molar-refractivity contribution in [1.29, 1.82) is 0 Å². The second kappa shape index (κ2) is 15.0. The number of rotatable bonds is 6. The van der Waals surface area contributed by atoms with Gasteiger partial charge in [-0.3, -0.25) is 24.0 Å². The summed E-state index contributed by atoms with van der Waals surface area (Å²) in [7, 11) is 0. The molecule has 0 fully saturated rings. The van der Waals surface area contributed by atoms with Gasteiger partial charge in [-0.05, 0) is 32.3 Å². The average Bonchev–Trinajstić information content (AvgIpc) is 3.46. The summed E-state index contributed by atoms with van der Waals surface area (Å²) in [6.07, 6.45) is -2.03. The van der Waals surface area contributed by atoms with Gasteiger partial charge in [0.05, 0.1) is 18.2 Å². The van der Waals surface area contributed by atoms with Crippen LogP contribution in [0.15, 0.2) is 35.7 Å². The molecule has 2 heterocycles. The Balaban J connectivity index is 2.05. The molecule has 0 unspecified atom stereocenters. The predicted octanol–water partition coefficient (Wildman–Crippen LogP) is -0.0629. The molecule has 5 amide bonds. The number of aromatic nitrogens is 1. The van der Waals surface area contributed by atoms with Gasteiger partial charge in [-0.2, -0.15) is 0 Å². The second-order valence-corrected chi connectivity index (χ2v) is 11.7. The summed E-state index contributed by atoms with van der Waals surface area (Å²) in [5.41, 5.74) is 0.714. The van der Waals surface area contributed by atoms with E-state index in [0.717, 1.165) is 11.3 Å². The van der Waals surface area contributed by atoms with Crippen LogP contribution in [0.3, 0.4) is 0 Å². The third-order valence-electron chi connectivity index (χ3n) is 7.31. The first-order valence-electron chi connectivity index (χ1n) is 14.2. The normalized spacial score (nSPS) is 26.4. The minimum atomic E-state index is -1.48. The highest BCUT2D eigenvalue weighted by atomic mass is 32.1. The fraction of sp³-hybridized carbons (Fsp3) is 0.517. The number of nitrogens with zero attached hydrogens (tertiary/aromatic N) is 1. The molecule has 2 bridgehead atoms. The number of hydrogen-bond donors (Lipinski definition) is 7.